The fourth-order valence-corrected chi connectivity index (χ4v) is 1.78. The predicted molar refractivity (Wildman–Crippen MR) is 61.8 cm³/mol. The molecule has 0 aliphatic carbocycles. The number of urea groups is 1. The maximum absolute atomic E-state index is 11.5. The molecule has 0 bridgehead atoms. The van der Waals surface area contributed by atoms with E-state index in [0.717, 1.165) is 6.42 Å². The molecule has 3 N–H and O–H groups in total. The van der Waals surface area contributed by atoms with Gasteiger partial charge in [-0.25, -0.2) is 4.79 Å². The van der Waals surface area contributed by atoms with Crippen LogP contribution in [-0.2, 0) is 9.53 Å². The topological polar surface area (TPSA) is 87.7 Å². The van der Waals surface area contributed by atoms with Crippen molar-refractivity contribution < 1.29 is 19.4 Å². The summed E-state index contributed by atoms with van der Waals surface area (Å²) in [6.45, 7) is 4.90. The van der Waals surface area contributed by atoms with Crippen molar-refractivity contribution in [2.24, 2.45) is 0 Å². The summed E-state index contributed by atoms with van der Waals surface area (Å²) < 4.78 is 5.49. The second-order valence-corrected chi connectivity index (χ2v) is 4.69. The van der Waals surface area contributed by atoms with Crippen LogP contribution in [0.2, 0.25) is 0 Å². The summed E-state index contributed by atoms with van der Waals surface area (Å²) in [7, 11) is 0. The van der Waals surface area contributed by atoms with Gasteiger partial charge in [-0.05, 0) is 26.7 Å². The lowest BCUT2D eigenvalue weighted by Gasteiger charge is -2.26. The van der Waals surface area contributed by atoms with Gasteiger partial charge in [0.1, 0.15) is 0 Å². The minimum absolute atomic E-state index is 0.00183. The summed E-state index contributed by atoms with van der Waals surface area (Å²) in [5, 5.41) is 13.9. The number of carbonyl (C=O) groups is 2. The number of carbonyl (C=O) groups excluding carboxylic acids is 1. The first-order chi connectivity index (χ1) is 7.92. The van der Waals surface area contributed by atoms with Crippen molar-refractivity contribution in [3.63, 3.8) is 0 Å². The maximum atomic E-state index is 11.5. The van der Waals surface area contributed by atoms with E-state index in [-0.39, 0.29) is 24.1 Å². The molecule has 98 valence electrons. The Morgan fingerprint density at radius 1 is 1.47 bits per heavy atom. The quantitative estimate of drug-likeness (QED) is 0.622. The molecule has 0 spiro atoms. The summed E-state index contributed by atoms with van der Waals surface area (Å²) in [4.78, 5) is 21.8. The summed E-state index contributed by atoms with van der Waals surface area (Å²) in [6.07, 6.45) is 1.31. The molecule has 1 fully saturated rings. The smallest absolute Gasteiger partial charge is 0.315 e. The number of hydrogen-bond donors (Lipinski definition) is 3. The van der Waals surface area contributed by atoms with Crippen molar-refractivity contribution in [1.82, 2.24) is 10.6 Å². The number of nitrogens with one attached hydrogen (secondary N) is 2. The van der Waals surface area contributed by atoms with E-state index < -0.39 is 5.97 Å². The van der Waals surface area contributed by atoms with Crippen LogP contribution in [0.3, 0.4) is 0 Å². The molecule has 1 aliphatic rings. The van der Waals surface area contributed by atoms with Gasteiger partial charge >= 0.3 is 12.0 Å². The standard InChI is InChI=1S/C11H20N2O4/c1-11(2)8(5-7-17-11)13-10(16)12-6-3-4-9(14)15/h8H,3-7H2,1-2H3,(H,14,15)(H2,12,13,16). The second kappa shape index (κ2) is 5.86. The first-order valence-corrected chi connectivity index (χ1v) is 5.82. The summed E-state index contributed by atoms with van der Waals surface area (Å²) in [6, 6.07) is -0.263. The lowest BCUT2D eigenvalue weighted by Crippen LogP contribution is -2.49. The Balaban J connectivity index is 2.19. The van der Waals surface area contributed by atoms with Crippen molar-refractivity contribution in [2.75, 3.05) is 13.2 Å². The van der Waals surface area contributed by atoms with Crippen LogP contribution in [0.25, 0.3) is 0 Å². The van der Waals surface area contributed by atoms with E-state index in [1.807, 2.05) is 13.8 Å². The fraction of sp³-hybridized carbons (Fsp3) is 0.818. The second-order valence-electron chi connectivity index (χ2n) is 4.69. The molecule has 6 heteroatoms. The molecular formula is C11H20N2O4. The number of rotatable bonds is 5. The van der Waals surface area contributed by atoms with Gasteiger partial charge in [0.15, 0.2) is 0 Å². The normalized spacial score (nSPS) is 22.1. The van der Waals surface area contributed by atoms with Gasteiger partial charge in [0.25, 0.3) is 0 Å². The minimum Gasteiger partial charge on any atom is -0.481 e. The third-order valence-electron chi connectivity index (χ3n) is 2.88. The van der Waals surface area contributed by atoms with Crippen LogP contribution < -0.4 is 10.6 Å². The fourth-order valence-electron chi connectivity index (χ4n) is 1.78. The number of carboxylic acids is 1. The van der Waals surface area contributed by atoms with Gasteiger partial charge in [-0.15, -0.1) is 0 Å². The zero-order chi connectivity index (χ0) is 12.9. The molecule has 17 heavy (non-hydrogen) atoms. The highest BCUT2D eigenvalue weighted by Crippen LogP contribution is 2.24. The Kier molecular flexibility index (Phi) is 4.74. The van der Waals surface area contributed by atoms with Crippen molar-refractivity contribution in [3.05, 3.63) is 0 Å². The Bertz CT molecular complexity index is 291. The minimum atomic E-state index is -0.850. The SMILES string of the molecule is CC1(C)OCCC1NC(=O)NCCCC(=O)O. The third kappa shape index (κ3) is 4.60. The molecule has 6 nitrogen and oxygen atoms in total. The summed E-state index contributed by atoms with van der Waals surface area (Å²) in [5.41, 5.74) is -0.335. The number of aliphatic carboxylic acids is 1. The molecular weight excluding hydrogens is 224 g/mol. The molecule has 1 rings (SSSR count). The van der Waals surface area contributed by atoms with Crippen molar-refractivity contribution >= 4 is 12.0 Å². The van der Waals surface area contributed by atoms with Crippen LogP contribution in [0.1, 0.15) is 33.1 Å². The Hall–Kier alpha value is -1.30. The Morgan fingerprint density at radius 3 is 2.71 bits per heavy atom. The van der Waals surface area contributed by atoms with Crippen LogP contribution in [-0.4, -0.2) is 41.9 Å². The van der Waals surface area contributed by atoms with Crippen molar-refractivity contribution in [1.29, 1.82) is 0 Å². The highest BCUT2D eigenvalue weighted by molar-refractivity contribution is 5.74. The number of carboxylic acid groups (broad SMARTS) is 1. The number of hydrogen-bond acceptors (Lipinski definition) is 3. The van der Waals surface area contributed by atoms with E-state index in [0.29, 0.717) is 19.6 Å². The Morgan fingerprint density at radius 2 is 2.18 bits per heavy atom. The van der Waals surface area contributed by atoms with E-state index in [1.54, 1.807) is 0 Å². The summed E-state index contributed by atoms with van der Waals surface area (Å²) >= 11 is 0. The van der Waals surface area contributed by atoms with E-state index in [4.69, 9.17) is 9.84 Å². The van der Waals surface area contributed by atoms with Gasteiger partial charge < -0.3 is 20.5 Å². The van der Waals surface area contributed by atoms with E-state index in [1.165, 1.54) is 0 Å². The van der Waals surface area contributed by atoms with E-state index in [2.05, 4.69) is 10.6 Å². The Labute approximate surface area is 101 Å². The first kappa shape index (κ1) is 13.8. The van der Waals surface area contributed by atoms with Crippen molar-refractivity contribution in [2.45, 2.75) is 44.8 Å². The molecule has 1 atom stereocenters. The number of amides is 2. The molecule has 0 radical (unpaired) electrons. The molecule has 0 aromatic rings. The average Bonchev–Trinajstić information content (AvgIpc) is 2.53. The lowest BCUT2D eigenvalue weighted by molar-refractivity contribution is -0.137. The third-order valence-corrected chi connectivity index (χ3v) is 2.88. The van der Waals surface area contributed by atoms with Crippen LogP contribution in [0.15, 0.2) is 0 Å². The van der Waals surface area contributed by atoms with Crippen LogP contribution >= 0.6 is 0 Å². The monoisotopic (exact) mass is 244 g/mol. The van der Waals surface area contributed by atoms with E-state index >= 15 is 0 Å². The molecule has 1 heterocycles. The maximum Gasteiger partial charge on any atom is 0.315 e. The molecule has 1 saturated heterocycles. The van der Waals surface area contributed by atoms with Crippen LogP contribution in [0.5, 0.6) is 0 Å². The van der Waals surface area contributed by atoms with Gasteiger partial charge in [0.2, 0.25) is 0 Å². The van der Waals surface area contributed by atoms with Crippen LogP contribution in [0.4, 0.5) is 4.79 Å². The molecule has 1 unspecified atom stereocenters. The predicted octanol–water partition coefficient (Wildman–Crippen LogP) is 0.718. The molecule has 2 amide bonds. The van der Waals surface area contributed by atoms with Gasteiger partial charge in [0.05, 0.1) is 11.6 Å². The van der Waals surface area contributed by atoms with Gasteiger partial charge in [0, 0.05) is 19.6 Å². The van der Waals surface area contributed by atoms with Crippen LogP contribution in [0, 0.1) is 0 Å². The highest BCUT2D eigenvalue weighted by Gasteiger charge is 2.36. The zero-order valence-corrected chi connectivity index (χ0v) is 10.3. The van der Waals surface area contributed by atoms with Gasteiger partial charge in [-0.2, -0.15) is 0 Å². The van der Waals surface area contributed by atoms with Gasteiger partial charge in [-0.1, -0.05) is 0 Å². The molecule has 0 aromatic heterocycles. The molecule has 1 aliphatic heterocycles. The summed E-state index contributed by atoms with van der Waals surface area (Å²) in [5.74, 6) is -0.850. The highest BCUT2D eigenvalue weighted by atomic mass is 16.5. The number of ether oxygens (including phenoxy) is 1. The molecule has 0 aromatic carbocycles. The zero-order valence-electron chi connectivity index (χ0n) is 10.3. The first-order valence-electron chi connectivity index (χ1n) is 5.82. The van der Waals surface area contributed by atoms with Crippen molar-refractivity contribution in [3.8, 4) is 0 Å². The molecule has 0 saturated carbocycles. The average molecular weight is 244 g/mol. The lowest BCUT2D eigenvalue weighted by atomic mass is 9.99. The van der Waals surface area contributed by atoms with Gasteiger partial charge in [-0.3, -0.25) is 4.79 Å². The largest absolute Gasteiger partial charge is 0.481 e. The van der Waals surface area contributed by atoms with E-state index in [9.17, 15) is 9.59 Å².